The number of hydrogen-bond acceptors (Lipinski definition) is 2. The van der Waals surface area contributed by atoms with Crippen LogP contribution < -0.4 is 11.1 Å². The van der Waals surface area contributed by atoms with E-state index in [9.17, 15) is 0 Å². The SMILES string of the molecule is Nc1cccc2c1CCC2NC1CCC1. The molecule has 0 aliphatic heterocycles. The summed E-state index contributed by atoms with van der Waals surface area (Å²) in [6.45, 7) is 0. The molecule has 2 heteroatoms. The fourth-order valence-corrected chi connectivity index (χ4v) is 2.72. The molecule has 80 valence electrons. The molecule has 1 saturated carbocycles. The Morgan fingerprint density at radius 3 is 2.80 bits per heavy atom. The fraction of sp³-hybridized carbons (Fsp3) is 0.538. The lowest BCUT2D eigenvalue weighted by atomic mass is 9.92. The van der Waals surface area contributed by atoms with Crippen LogP contribution >= 0.6 is 0 Å². The molecular weight excluding hydrogens is 184 g/mol. The lowest BCUT2D eigenvalue weighted by Crippen LogP contribution is -2.37. The number of fused-ring (bicyclic) bond motifs is 1. The van der Waals surface area contributed by atoms with Gasteiger partial charge in [-0.25, -0.2) is 0 Å². The van der Waals surface area contributed by atoms with Gasteiger partial charge in [-0.05, 0) is 42.9 Å². The number of anilines is 1. The summed E-state index contributed by atoms with van der Waals surface area (Å²) in [5, 5.41) is 3.74. The molecule has 1 atom stereocenters. The average Bonchev–Trinajstić information content (AvgIpc) is 2.56. The van der Waals surface area contributed by atoms with Crippen molar-refractivity contribution in [1.82, 2.24) is 5.32 Å². The van der Waals surface area contributed by atoms with Crippen LogP contribution in [0.1, 0.15) is 42.9 Å². The molecular formula is C13H18N2. The predicted octanol–water partition coefficient (Wildman–Crippen LogP) is 2.40. The molecule has 0 bridgehead atoms. The van der Waals surface area contributed by atoms with Gasteiger partial charge in [0.15, 0.2) is 0 Å². The molecule has 0 aromatic heterocycles. The minimum Gasteiger partial charge on any atom is -0.398 e. The number of benzene rings is 1. The maximum Gasteiger partial charge on any atom is 0.0349 e. The first-order valence-corrected chi connectivity index (χ1v) is 5.98. The van der Waals surface area contributed by atoms with Gasteiger partial charge in [0.25, 0.3) is 0 Å². The molecule has 0 radical (unpaired) electrons. The van der Waals surface area contributed by atoms with Crippen molar-refractivity contribution < 1.29 is 0 Å². The third-order valence-corrected chi connectivity index (χ3v) is 3.85. The molecule has 0 saturated heterocycles. The van der Waals surface area contributed by atoms with E-state index in [0.29, 0.717) is 6.04 Å². The summed E-state index contributed by atoms with van der Waals surface area (Å²) in [6, 6.07) is 7.66. The van der Waals surface area contributed by atoms with Crippen molar-refractivity contribution in [2.45, 2.75) is 44.2 Å². The number of hydrogen-bond donors (Lipinski definition) is 2. The molecule has 3 rings (SSSR count). The maximum absolute atomic E-state index is 5.98. The van der Waals surface area contributed by atoms with Gasteiger partial charge in [-0.3, -0.25) is 0 Å². The quantitative estimate of drug-likeness (QED) is 0.723. The van der Waals surface area contributed by atoms with Gasteiger partial charge in [-0.1, -0.05) is 18.6 Å². The van der Waals surface area contributed by atoms with E-state index >= 15 is 0 Å². The summed E-state index contributed by atoms with van der Waals surface area (Å²) in [5.74, 6) is 0. The zero-order chi connectivity index (χ0) is 10.3. The summed E-state index contributed by atoms with van der Waals surface area (Å²) >= 11 is 0. The lowest BCUT2D eigenvalue weighted by molar-refractivity contribution is 0.304. The molecule has 1 aromatic rings. The highest BCUT2D eigenvalue weighted by Gasteiger charge is 2.27. The van der Waals surface area contributed by atoms with E-state index in [1.807, 2.05) is 6.07 Å². The van der Waals surface area contributed by atoms with Crippen LogP contribution in [0.15, 0.2) is 18.2 Å². The largest absolute Gasteiger partial charge is 0.398 e. The van der Waals surface area contributed by atoms with Gasteiger partial charge in [0.1, 0.15) is 0 Å². The van der Waals surface area contributed by atoms with Crippen LogP contribution in [0, 0.1) is 0 Å². The molecule has 1 aromatic carbocycles. The van der Waals surface area contributed by atoms with Gasteiger partial charge in [0.2, 0.25) is 0 Å². The van der Waals surface area contributed by atoms with E-state index in [0.717, 1.165) is 18.2 Å². The first kappa shape index (κ1) is 9.22. The van der Waals surface area contributed by atoms with Gasteiger partial charge < -0.3 is 11.1 Å². The minimum atomic E-state index is 0.564. The average molecular weight is 202 g/mol. The predicted molar refractivity (Wildman–Crippen MR) is 62.7 cm³/mol. The van der Waals surface area contributed by atoms with E-state index in [1.54, 1.807) is 0 Å². The van der Waals surface area contributed by atoms with Crippen LogP contribution in [0.2, 0.25) is 0 Å². The Morgan fingerprint density at radius 2 is 2.07 bits per heavy atom. The number of nitrogens with one attached hydrogen (secondary N) is 1. The Bertz CT molecular complexity index is 369. The second-order valence-electron chi connectivity index (χ2n) is 4.80. The van der Waals surface area contributed by atoms with Crippen LogP contribution in [0.4, 0.5) is 5.69 Å². The van der Waals surface area contributed by atoms with E-state index in [-0.39, 0.29) is 0 Å². The highest BCUT2D eigenvalue weighted by Crippen LogP contribution is 2.36. The lowest BCUT2D eigenvalue weighted by Gasteiger charge is -2.30. The third kappa shape index (κ3) is 1.53. The molecule has 0 spiro atoms. The monoisotopic (exact) mass is 202 g/mol. The zero-order valence-electron chi connectivity index (χ0n) is 9.00. The zero-order valence-corrected chi connectivity index (χ0v) is 9.00. The van der Waals surface area contributed by atoms with Crippen molar-refractivity contribution in [3.63, 3.8) is 0 Å². The second kappa shape index (κ2) is 3.53. The highest BCUT2D eigenvalue weighted by atomic mass is 15.0. The summed E-state index contributed by atoms with van der Waals surface area (Å²) in [6.07, 6.45) is 6.48. The van der Waals surface area contributed by atoms with Gasteiger partial charge in [-0.2, -0.15) is 0 Å². The third-order valence-electron chi connectivity index (χ3n) is 3.85. The molecule has 1 fully saturated rings. The van der Waals surface area contributed by atoms with Crippen LogP contribution in [-0.2, 0) is 6.42 Å². The van der Waals surface area contributed by atoms with Crippen molar-refractivity contribution in [1.29, 1.82) is 0 Å². The second-order valence-corrected chi connectivity index (χ2v) is 4.80. The van der Waals surface area contributed by atoms with E-state index in [4.69, 9.17) is 5.73 Å². The van der Waals surface area contributed by atoms with Gasteiger partial charge in [-0.15, -0.1) is 0 Å². The van der Waals surface area contributed by atoms with Crippen molar-refractivity contribution in [2.75, 3.05) is 5.73 Å². The van der Waals surface area contributed by atoms with Gasteiger partial charge >= 0.3 is 0 Å². The highest BCUT2D eigenvalue weighted by molar-refractivity contribution is 5.54. The summed E-state index contributed by atoms with van der Waals surface area (Å²) < 4.78 is 0. The molecule has 3 N–H and O–H groups in total. The molecule has 2 nitrogen and oxygen atoms in total. The van der Waals surface area contributed by atoms with Crippen LogP contribution in [0.5, 0.6) is 0 Å². The Labute approximate surface area is 90.9 Å². The molecule has 0 heterocycles. The molecule has 2 aliphatic rings. The van der Waals surface area contributed by atoms with E-state index in [1.165, 1.54) is 36.8 Å². The molecule has 2 aliphatic carbocycles. The van der Waals surface area contributed by atoms with Crippen molar-refractivity contribution in [3.8, 4) is 0 Å². The first-order chi connectivity index (χ1) is 7.34. The molecule has 15 heavy (non-hydrogen) atoms. The van der Waals surface area contributed by atoms with E-state index < -0.39 is 0 Å². The number of nitrogen functional groups attached to an aromatic ring is 1. The standard InChI is InChI=1S/C13H18N2/c14-12-6-2-5-11-10(12)7-8-13(11)15-9-3-1-4-9/h2,5-6,9,13,15H,1,3-4,7-8,14H2. The maximum atomic E-state index is 5.98. The number of nitrogens with two attached hydrogens (primary N) is 1. The summed E-state index contributed by atoms with van der Waals surface area (Å²) in [7, 11) is 0. The molecule has 1 unspecified atom stereocenters. The Hall–Kier alpha value is -1.02. The van der Waals surface area contributed by atoms with Crippen molar-refractivity contribution in [3.05, 3.63) is 29.3 Å². The summed E-state index contributed by atoms with van der Waals surface area (Å²) in [4.78, 5) is 0. The van der Waals surface area contributed by atoms with Crippen molar-refractivity contribution in [2.24, 2.45) is 0 Å². The topological polar surface area (TPSA) is 38.0 Å². The fourth-order valence-electron chi connectivity index (χ4n) is 2.72. The van der Waals surface area contributed by atoms with Gasteiger partial charge in [0, 0.05) is 17.8 Å². The number of rotatable bonds is 2. The Morgan fingerprint density at radius 1 is 1.20 bits per heavy atom. The molecule has 0 amide bonds. The smallest absolute Gasteiger partial charge is 0.0349 e. The van der Waals surface area contributed by atoms with Crippen LogP contribution in [-0.4, -0.2) is 6.04 Å². The van der Waals surface area contributed by atoms with Crippen LogP contribution in [0.25, 0.3) is 0 Å². The van der Waals surface area contributed by atoms with Crippen molar-refractivity contribution >= 4 is 5.69 Å². The van der Waals surface area contributed by atoms with Gasteiger partial charge in [0.05, 0.1) is 0 Å². The Kier molecular flexibility index (Phi) is 2.17. The van der Waals surface area contributed by atoms with E-state index in [2.05, 4.69) is 17.4 Å². The first-order valence-electron chi connectivity index (χ1n) is 5.98. The normalized spacial score (nSPS) is 24.9. The Balaban J connectivity index is 1.81. The minimum absolute atomic E-state index is 0.564. The summed E-state index contributed by atoms with van der Waals surface area (Å²) in [5.41, 5.74) is 9.79. The van der Waals surface area contributed by atoms with Crippen LogP contribution in [0.3, 0.4) is 0 Å².